The van der Waals surface area contributed by atoms with Gasteiger partial charge in [-0.05, 0) is 30.2 Å². The molecule has 0 radical (unpaired) electrons. The van der Waals surface area contributed by atoms with Crippen LogP contribution in [-0.2, 0) is 6.42 Å². The molecule has 0 bridgehead atoms. The molecule has 10 heteroatoms. The number of halogens is 2. The third kappa shape index (κ3) is 3.50. The molecule has 0 saturated carbocycles. The summed E-state index contributed by atoms with van der Waals surface area (Å²) in [4.78, 5) is 31.6. The lowest BCUT2D eigenvalue weighted by Crippen LogP contribution is -2.22. The van der Waals surface area contributed by atoms with E-state index in [-0.39, 0.29) is 32.5 Å². The lowest BCUT2D eigenvalue weighted by atomic mass is 9.85. The summed E-state index contributed by atoms with van der Waals surface area (Å²) in [5.74, 6) is -1.22. The van der Waals surface area contributed by atoms with Gasteiger partial charge >= 0.3 is 5.97 Å². The third-order valence-electron chi connectivity index (χ3n) is 5.28. The van der Waals surface area contributed by atoms with Crippen molar-refractivity contribution in [2.24, 2.45) is 0 Å². The number of benzene rings is 2. The molecule has 4 aromatic rings. The number of H-pyrrole nitrogens is 1. The van der Waals surface area contributed by atoms with Gasteiger partial charge in [-0.3, -0.25) is 10.1 Å². The molecule has 3 N–H and O–H groups in total. The summed E-state index contributed by atoms with van der Waals surface area (Å²) in [6.45, 7) is 1.71. The van der Waals surface area contributed by atoms with E-state index < -0.39 is 11.9 Å². The Morgan fingerprint density at radius 1 is 1.25 bits per heavy atom. The summed E-state index contributed by atoms with van der Waals surface area (Å²) in [5, 5.41) is 12.9. The van der Waals surface area contributed by atoms with E-state index in [9.17, 15) is 14.7 Å². The molecule has 2 aromatic heterocycles. The van der Waals surface area contributed by atoms with Gasteiger partial charge in [0, 0.05) is 12.1 Å². The molecular formula is C22H15Cl2N3O4S. The largest absolute Gasteiger partial charge is 0.483 e. The molecule has 32 heavy (non-hydrogen) atoms. The van der Waals surface area contributed by atoms with Crippen molar-refractivity contribution in [2.75, 3.05) is 5.32 Å². The van der Waals surface area contributed by atoms with Crippen LogP contribution in [0, 0.1) is 6.92 Å². The van der Waals surface area contributed by atoms with Crippen molar-refractivity contribution >= 4 is 61.8 Å². The van der Waals surface area contributed by atoms with E-state index in [0.717, 1.165) is 23.3 Å². The number of amides is 1. The first-order chi connectivity index (χ1) is 15.3. The van der Waals surface area contributed by atoms with E-state index >= 15 is 0 Å². The lowest BCUT2D eigenvalue weighted by Gasteiger charge is -2.30. The summed E-state index contributed by atoms with van der Waals surface area (Å²) in [6, 6.07) is 10.9. The highest BCUT2D eigenvalue weighted by molar-refractivity contribution is 7.22. The zero-order valence-corrected chi connectivity index (χ0v) is 18.9. The molecule has 0 spiro atoms. The predicted octanol–water partition coefficient (Wildman–Crippen LogP) is 5.87. The Hall–Kier alpha value is -3.07. The van der Waals surface area contributed by atoms with Crippen molar-refractivity contribution in [3.05, 3.63) is 74.5 Å². The second-order valence-corrected chi connectivity index (χ2v) is 9.15. The molecular weight excluding hydrogens is 473 g/mol. The van der Waals surface area contributed by atoms with Gasteiger partial charge in [-0.2, -0.15) is 0 Å². The SMILES string of the molecule is Cc1[nH]c(C(=O)Nc2nc3c(OC4Cc5ccccc54)cc(C(=O)O)cc3s2)c(Cl)c1Cl. The number of thiazole rings is 1. The predicted molar refractivity (Wildman–Crippen MR) is 124 cm³/mol. The minimum Gasteiger partial charge on any atom is -0.483 e. The fourth-order valence-electron chi connectivity index (χ4n) is 3.62. The van der Waals surface area contributed by atoms with Gasteiger partial charge in [-0.25, -0.2) is 9.78 Å². The summed E-state index contributed by atoms with van der Waals surface area (Å²) < 4.78 is 6.72. The van der Waals surface area contributed by atoms with Gasteiger partial charge < -0.3 is 14.8 Å². The zero-order valence-electron chi connectivity index (χ0n) is 16.5. The van der Waals surface area contributed by atoms with E-state index in [0.29, 0.717) is 21.7 Å². The minimum atomic E-state index is -1.08. The molecule has 0 fully saturated rings. The number of aromatic nitrogens is 2. The van der Waals surface area contributed by atoms with Crippen molar-refractivity contribution in [1.29, 1.82) is 0 Å². The van der Waals surface area contributed by atoms with Crippen LogP contribution in [0.1, 0.15) is 43.8 Å². The number of hydrogen-bond acceptors (Lipinski definition) is 5. The number of nitrogens with one attached hydrogen (secondary N) is 2. The number of aromatic amines is 1. The van der Waals surface area contributed by atoms with Crippen LogP contribution >= 0.6 is 34.5 Å². The maximum absolute atomic E-state index is 12.7. The van der Waals surface area contributed by atoms with Gasteiger partial charge in [0.15, 0.2) is 5.13 Å². The Morgan fingerprint density at radius 2 is 2.03 bits per heavy atom. The maximum Gasteiger partial charge on any atom is 0.335 e. The first kappa shape index (κ1) is 20.8. The quantitative estimate of drug-likeness (QED) is 0.326. The number of hydrogen-bond donors (Lipinski definition) is 3. The number of carboxylic acid groups (broad SMARTS) is 1. The number of nitrogens with zero attached hydrogens (tertiary/aromatic N) is 1. The Kier molecular flexibility index (Phi) is 5.08. The Morgan fingerprint density at radius 3 is 2.72 bits per heavy atom. The first-order valence-corrected chi connectivity index (χ1v) is 11.2. The molecule has 2 heterocycles. The van der Waals surface area contributed by atoms with Gasteiger partial charge in [0.1, 0.15) is 23.1 Å². The van der Waals surface area contributed by atoms with Gasteiger partial charge in [-0.15, -0.1) is 0 Å². The summed E-state index contributed by atoms with van der Waals surface area (Å²) in [5.41, 5.74) is 3.53. The van der Waals surface area contributed by atoms with Gasteiger partial charge in [0.05, 0.1) is 20.3 Å². The van der Waals surface area contributed by atoms with Crippen LogP contribution in [0.25, 0.3) is 10.2 Å². The zero-order chi connectivity index (χ0) is 22.6. The standard InChI is InChI=1S/C22H15Cl2N3O4S/c1-9-16(23)17(24)19(25-9)20(28)27-22-26-18-14(7-11(21(29)30)8-15(18)32-22)31-13-6-10-4-2-3-5-12(10)13/h2-5,7-8,13,25H,6H2,1H3,(H,29,30)(H,26,27,28). The number of rotatable bonds is 5. The first-order valence-electron chi connectivity index (χ1n) is 9.59. The Labute approximate surface area is 196 Å². The average Bonchev–Trinajstić information content (AvgIpc) is 3.27. The van der Waals surface area contributed by atoms with Crippen LogP contribution < -0.4 is 10.1 Å². The van der Waals surface area contributed by atoms with Gasteiger partial charge in [0.2, 0.25) is 0 Å². The van der Waals surface area contributed by atoms with E-state index in [2.05, 4.69) is 15.3 Å². The van der Waals surface area contributed by atoms with E-state index in [1.807, 2.05) is 24.3 Å². The van der Waals surface area contributed by atoms with Gasteiger partial charge in [0.25, 0.3) is 5.91 Å². The number of aryl methyl sites for hydroxylation is 1. The molecule has 0 aliphatic heterocycles. The van der Waals surface area contributed by atoms with Crippen LogP contribution in [0.15, 0.2) is 36.4 Å². The number of carboxylic acids is 1. The van der Waals surface area contributed by atoms with Crippen molar-refractivity contribution < 1.29 is 19.4 Å². The van der Waals surface area contributed by atoms with Crippen LogP contribution in [0.3, 0.4) is 0 Å². The van der Waals surface area contributed by atoms with Crippen molar-refractivity contribution in [2.45, 2.75) is 19.4 Å². The second kappa shape index (κ2) is 7.81. The van der Waals surface area contributed by atoms with Crippen LogP contribution in [0.2, 0.25) is 10.0 Å². The Bertz CT molecular complexity index is 1410. The third-order valence-corrected chi connectivity index (χ3v) is 7.15. The number of aromatic carboxylic acids is 1. The summed E-state index contributed by atoms with van der Waals surface area (Å²) in [6.07, 6.45) is 0.551. The number of anilines is 1. The van der Waals surface area contributed by atoms with E-state index in [4.69, 9.17) is 27.9 Å². The lowest BCUT2D eigenvalue weighted by molar-refractivity contribution is 0.0696. The van der Waals surface area contributed by atoms with Crippen LogP contribution in [0.4, 0.5) is 5.13 Å². The molecule has 1 atom stereocenters. The smallest absolute Gasteiger partial charge is 0.335 e. The summed E-state index contributed by atoms with van der Waals surface area (Å²) >= 11 is 13.3. The van der Waals surface area contributed by atoms with Crippen LogP contribution in [-0.4, -0.2) is 27.0 Å². The van der Waals surface area contributed by atoms with Crippen molar-refractivity contribution in [1.82, 2.24) is 9.97 Å². The molecule has 2 aromatic carbocycles. The molecule has 1 aliphatic carbocycles. The van der Waals surface area contributed by atoms with E-state index in [1.54, 1.807) is 6.92 Å². The molecule has 0 saturated heterocycles. The van der Waals surface area contributed by atoms with Gasteiger partial charge in [-0.1, -0.05) is 58.8 Å². The molecule has 1 unspecified atom stereocenters. The maximum atomic E-state index is 12.7. The van der Waals surface area contributed by atoms with E-state index in [1.165, 1.54) is 17.7 Å². The second-order valence-electron chi connectivity index (χ2n) is 7.36. The van der Waals surface area contributed by atoms with Crippen molar-refractivity contribution in [3.63, 3.8) is 0 Å². The highest BCUT2D eigenvalue weighted by Crippen LogP contribution is 2.41. The molecule has 7 nitrogen and oxygen atoms in total. The summed E-state index contributed by atoms with van der Waals surface area (Å²) in [7, 11) is 0. The highest BCUT2D eigenvalue weighted by Gasteiger charge is 2.29. The number of carbonyl (C=O) groups is 2. The topological polar surface area (TPSA) is 104 Å². The molecule has 5 rings (SSSR count). The molecule has 1 amide bonds. The molecule has 1 aliphatic rings. The average molecular weight is 488 g/mol. The fourth-order valence-corrected chi connectivity index (χ4v) is 4.96. The normalized spacial score (nSPS) is 14.7. The highest BCUT2D eigenvalue weighted by atomic mass is 35.5. The molecule has 162 valence electrons. The number of ether oxygens (including phenoxy) is 1. The Balaban J connectivity index is 1.48. The monoisotopic (exact) mass is 487 g/mol. The minimum absolute atomic E-state index is 0.0801. The van der Waals surface area contributed by atoms with Crippen molar-refractivity contribution in [3.8, 4) is 5.75 Å². The number of fused-ring (bicyclic) bond motifs is 2. The fraction of sp³-hybridized carbons (Fsp3) is 0.136. The number of carbonyl (C=O) groups excluding carboxylic acids is 1. The van der Waals surface area contributed by atoms with Crippen LogP contribution in [0.5, 0.6) is 5.75 Å².